The van der Waals surface area contributed by atoms with Gasteiger partial charge in [-0.25, -0.2) is 4.39 Å². The van der Waals surface area contributed by atoms with Gasteiger partial charge in [-0.15, -0.1) is 0 Å². The zero-order valence-electron chi connectivity index (χ0n) is 10.4. The molecule has 1 aliphatic heterocycles. The summed E-state index contributed by atoms with van der Waals surface area (Å²) < 4.78 is 13.8. The molecule has 0 spiro atoms. The van der Waals surface area contributed by atoms with Crippen molar-refractivity contribution in [1.29, 1.82) is 0 Å². The fourth-order valence-electron chi connectivity index (χ4n) is 2.37. The standard InChI is InChI=1S/C14H19FN2/c1-10-5-4-8-17(9-10)13-7-3-6-12(15)14(13)11(2)16/h3,5-7,11H,4,8-9,16H2,1-2H3/t11-/m1/s1. The van der Waals surface area contributed by atoms with Crippen molar-refractivity contribution in [2.75, 3.05) is 18.0 Å². The summed E-state index contributed by atoms with van der Waals surface area (Å²) in [5.74, 6) is -0.204. The molecule has 0 aliphatic carbocycles. The van der Waals surface area contributed by atoms with Crippen molar-refractivity contribution in [3.05, 3.63) is 41.2 Å². The second-order valence-electron chi connectivity index (χ2n) is 4.72. The van der Waals surface area contributed by atoms with Crippen LogP contribution in [0.2, 0.25) is 0 Å². The number of anilines is 1. The van der Waals surface area contributed by atoms with Gasteiger partial charge in [0, 0.05) is 30.4 Å². The lowest BCUT2D eigenvalue weighted by atomic mass is 10.0. The normalized spacial score (nSPS) is 17.9. The Hall–Kier alpha value is -1.35. The van der Waals surface area contributed by atoms with Crippen LogP contribution >= 0.6 is 0 Å². The molecule has 92 valence electrons. The maximum absolute atomic E-state index is 13.8. The van der Waals surface area contributed by atoms with E-state index in [1.54, 1.807) is 6.07 Å². The monoisotopic (exact) mass is 234 g/mol. The predicted molar refractivity (Wildman–Crippen MR) is 69.6 cm³/mol. The summed E-state index contributed by atoms with van der Waals surface area (Å²) in [6.45, 7) is 5.73. The van der Waals surface area contributed by atoms with E-state index in [9.17, 15) is 4.39 Å². The highest BCUT2D eigenvalue weighted by Gasteiger charge is 2.18. The molecule has 1 aromatic carbocycles. The molecular weight excluding hydrogens is 215 g/mol. The topological polar surface area (TPSA) is 29.3 Å². The Labute approximate surface area is 102 Å². The van der Waals surface area contributed by atoms with Crippen LogP contribution in [0.25, 0.3) is 0 Å². The van der Waals surface area contributed by atoms with Gasteiger partial charge in [-0.1, -0.05) is 17.7 Å². The van der Waals surface area contributed by atoms with Gasteiger partial charge in [0.15, 0.2) is 0 Å². The van der Waals surface area contributed by atoms with E-state index >= 15 is 0 Å². The maximum Gasteiger partial charge on any atom is 0.130 e. The quantitative estimate of drug-likeness (QED) is 0.797. The fraction of sp³-hybridized carbons (Fsp3) is 0.429. The van der Waals surface area contributed by atoms with Gasteiger partial charge >= 0.3 is 0 Å². The van der Waals surface area contributed by atoms with Crippen molar-refractivity contribution in [3.8, 4) is 0 Å². The van der Waals surface area contributed by atoms with E-state index in [2.05, 4.69) is 17.9 Å². The average Bonchev–Trinajstić information content (AvgIpc) is 2.28. The van der Waals surface area contributed by atoms with E-state index in [0.717, 1.165) is 25.2 Å². The Morgan fingerprint density at radius 2 is 2.18 bits per heavy atom. The van der Waals surface area contributed by atoms with E-state index in [1.807, 2.05) is 13.0 Å². The minimum absolute atomic E-state index is 0.204. The van der Waals surface area contributed by atoms with E-state index in [1.165, 1.54) is 11.6 Å². The van der Waals surface area contributed by atoms with Crippen LogP contribution in [0.4, 0.5) is 10.1 Å². The van der Waals surface area contributed by atoms with E-state index in [4.69, 9.17) is 5.73 Å². The van der Waals surface area contributed by atoms with Gasteiger partial charge in [0.1, 0.15) is 5.82 Å². The third-order valence-electron chi connectivity index (χ3n) is 3.16. The van der Waals surface area contributed by atoms with Crippen LogP contribution in [0.5, 0.6) is 0 Å². The first-order chi connectivity index (χ1) is 8.09. The Bertz CT molecular complexity index is 438. The zero-order valence-corrected chi connectivity index (χ0v) is 10.4. The molecule has 2 nitrogen and oxygen atoms in total. The molecule has 2 N–H and O–H groups in total. The molecule has 1 aromatic rings. The molecule has 0 fully saturated rings. The van der Waals surface area contributed by atoms with E-state index < -0.39 is 0 Å². The van der Waals surface area contributed by atoms with Crippen LogP contribution in [0.3, 0.4) is 0 Å². The number of halogens is 1. The Morgan fingerprint density at radius 1 is 1.41 bits per heavy atom. The summed E-state index contributed by atoms with van der Waals surface area (Å²) in [5.41, 5.74) is 8.77. The van der Waals surface area contributed by atoms with Crippen LogP contribution in [0.15, 0.2) is 29.8 Å². The van der Waals surface area contributed by atoms with Crippen molar-refractivity contribution in [2.24, 2.45) is 5.73 Å². The Morgan fingerprint density at radius 3 is 2.82 bits per heavy atom. The highest BCUT2D eigenvalue weighted by atomic mass is 19.1. The zero-order chi connectivity index (χ0) is 12.4. The molecule has 17 heavy (non-hydrogen) atoms. The van der Waals surface area contributed by atoms with Gasteiger partial charge in [-0.05, 0) is 32.4 Å². The number of rotatable bonds is 2. The van der Waals surface area contributed by atoms with Crippen LogP contribution in [-0.2, 0) is 0 Å². The summed E-state index contributed by atoms with van der Waals surface area (Å²) >= 11 is 0. The van der Waals surface area contributed by atoms with Gasteiger partial charge in [-0.2, -0.15) is 0 Å². The molecule has 2 rings (SSSR count). The number of hydrogen-bond donors (Lipinski definition) is 1. The predicted octanol–water partition coefficient (Wildman–Crippen LogP) is 3.00. The number of nitrogens with zero attached hydrogens (tertiary/aromatic N) is 1. The maximum atomic E-state index is 13.8. The second-order valence-corrected chi connectivity index (χ2v) is 4.72. The molecule has 1 aliphatic rings. The lowest BCUT2D eigenvalue weighted by Gasteiger charge is -2.31. The third-order valence-corrected chi connectivity index (χ3v) is 3.16. The molecule has 0 aromatic heterocycles. The molecule has 0 saturated heterocycles. The van der Waals surface area contributed by atoms with Gasteiger partial charge in [0.05, 0.1) is 0 Å². The summed E-state index contributed by atoms with van der Waals surface area (Å²) in [7, 11) is 0. The van der Waals surface area contributed by atoms with Gasteiger partial charge in [-0.3, -0.25) is 0 Å². The van der Waals surface area contributed by atoms with Crippen LogP contribution < -0.4 is 10.6 Å². The van der Waals surface area contributed by atoms with Crippen LogP contribution in [-0.4, -0.2) is 13.1 Å². The van der Waals surface area contributed by atoms with E-state index in [0.29, 0.717) is 5.56 Å². The molecule has 0 radical (unpaired) electrons. The van der Waals surface area contributed by atoms with Crippen molar-refractivity contribution < 1.29 is 4.39 Å². The van der Waals surface area contributed by atoms with Gasteiger partial charge in [0.25, 0.3) is 0 Å². The first-order valence-electron chi connectivity index (χ1n) is 6.04. The molecule has 0 saturated carbocycles. The van der Waals surface area contributed by atoms with Gasteiger partial charge in [0.2, 0.25) is 0 Å². The van der Waals surface area contributed by atoms with E-state index in [-0.39, 0.29) is 11.9 Å². The first-order valence-corrected chi connectivity index (χ1v) is 6.04. The molecule has 0 bridgehead atoms. The number of hydrogen-bond acceptors (Lipinski definition) is 2. The molecule has 1 heterocycles. The largest absolute Gasteiger partial charge is 0.367 e. The Kier molecular flexibility index (Phi) is 3.48. The fourth-order valence-corrected chi connectivity index (χ4v) is 2.37. The van der Waals surface area contributed by atoms with Crippen molar-refractivity contribution in [2.45, 2.75) is 26.3 Å². The molecule has 0 amide bonds. The number of nitrogens with two attached hydrogens (primary N) is 1. The Balaban J connectivity index is 2.38. The minimum atomic E-state index is -0.280. The lowest BCUT2D eigenvalue weighted by molar-refractivity contribution is 0.591. The van der Waals surface area contributed by atoms with Crippen LogP contribution in [0, 0.1) is 5.82 Å². The number of benzene rings is 1. The molecule has 3 heteroatoms. The summed E-state index contributed by atoms with van der Waals surface area (Å²) in [5, 5.41) is 0. The SMILES string of the molecule is CC1=CCCN(c2cccc(F)c2[C@@H](C)N)C1. The summed E-state index contributed by atoms with van der Waals surface area (Å²) in [6.07, 6.45) is 3.25. The average molecular weight is 234 g/mol. The third kappa shape index (κ3) is 2.50. The van der Waals surface area contributed by atoms with Gasteiger partial charge < -0.3 is 10.6 Å². The van der Waals surface area contributed by atoms with Crippen molar-refractivity contribution in [1.82, 2.24) is 0 Å². The molecule has 0 unspecified atom stereocenters. The smallest absolute Gasteiger partial charge is 0.130 e. The highest BCUT2D eigenvalue weighted by Crippen LogP contribution is 2.29. The first kappa shape index (κ1) is 12.1. The summed E-state index contributed by atoms with van der Waals surface area (Å²) in [6, 6.07) is 4.91. The van der Waals surface area contributed by atoms with Crippen molar-refractivity contribution in [3.63, 3.8) is 0 Å². The molecule has 1 atom stereocenters. The molecular formula is C14H19FN2. The van der Waals surface area contributed by atoms with Crippen molar-refractivity contribution >= 4 is 5.69 Å². The highest BCUT2D eigenvalue weighted by molar-refractivity contribution is 5.56. The second kappa shape index (κ2) is 4.88. The minimum Gasteiger partial charge on any atom is -0.367 e. The van der Waals surface area contributed by atoms with Crippen LogP contribution in [0.1, 0.15) is 31.9 Å². The lowest BCUT2D eigenvalue weighted by Crippen LogP contribution is -2.31. The summed E-state index contributed by atoms with van der Waals surface area (Å²) in [4.78, 5) is 2.21.